The second-order valence-electron chi connectivity index (χ2n) is 5.66. The standard InChI is InChI=1S/C15H17Cl2N3O/c1-15(6-2-3-7-18-15)14-19-13(20-21-14)9-10-4-5-11(16)12(17)8-10/h4-5,8,18H,2-3,6-7,9H2,1H3. The van der Waals surface area contributed by atoms with Crippen LogP contribution in [0, 0.1) is 0 Å². The van der Waals surface area contributed by atoms with E-state index in [4.69, 9.17) is 27.7 Å². The van der Waals surface area contributed by atoms with Crippen molar-refractivity contribution in [3.8, 4) is 0 Å². The van der Waals surface area contributed by atoms with Crippen LogP contribution in [0.5, 0.6) is 0 Å². The SMILES string of the molecule is CC1(c2nc(Cc3ccc(Cl)c(Cl)c3)no2)CCCCN1. The number of rotatable bonds is 3. The van der Waals surface area contributed by atoms with Crippen LogP contribution in [0.25, 0.3) is 0 Å². The molecule has 4 nitrogen and oxygen atoms in total. The van der Waals surface area contributed by atoms with Gasteiger partial charge in [0.2, 0.25) is 5.89 Å². The van der Waals surface area contributed by atoms with Gasteiger partial charge in [0.05, 0.1) is 15.6 Å². The van der Waals surface area contributed by atoms with Crippen LogP contribution in [0.15, 0.2) is 22.7 Å². The first-order valence-electron chi connectivity index (χ1n) is 7.09. The van der Waals surface area contributed by atoms with Crippen molar-refractivity contribution in [1.82, 2.24) is 15.5 Å². The first-order valence-corrected chi connectivity index (χ1v) is 7.84. The largest absolute Gasteiger partial charge is 0.337 e. The highest BCUT2D eigenvalue weighted by Gasteiger charge is 2.34. The molecule has 1 aliphatic heterocycles. The maximum absolute atomic E-state index is 6.02. The third kappa shape index (κ3) is 3.23. The molecule has 1 atom stereocenters. The molecule has 0 saturated carbocycles. The van der Waals surface area contributed by atoms with E-state index in [-0.39, 0.29) is 5.54 Å². The van der Waals surface area contributed by atoms with E-state index >= 15 is 0 Å². The minimum absolute atomic E-state index is 0.207. The van der Waals surface area contributed by atoms with Crippen LogP contribution in [0.1, 0.15) is 43.5 Å². The van der Waals surface area contributed by atoms with Gasteiger partial charge in [-0.15, -0.1) is 0 Å². The molecule has 0 radical (unpaired) electrons. The molecule has 1 aromatic heterocycles. The molecular weight excluding hydrogens is 309 g/mol. The minimum Gasteiger partial charge on any atom is -0.337 e. The van der Waals surface area contributed by atoms with Crippen molar-refractivity contribution in [1.29, 1.82) is 0 Å². The number of hydrogen-bond acceptors (Lipinski definition) is 4. The molecule has 0 aliphatic carbocycles. The lowest BCUT2D eigenvalue weighted by Crippen LogP contribution is -2.43. The molecule has 6 heteroatoms. The van der Waals surface area contributed by atoms with E-state index in [0.717, 1.165) is 18.5 Å². The highest BCUT2D eigenvalue weighted by atomic mass is 35.5. The Hall–Kier alpha value is -1.10. The predicted octanol–water partition coefficient (Wildman–Crippen LogP) is 3.96. The summed E-state index contributed by atoms with van der Waals surface area (Å²) < 4.78 is 5.45. The molecule has 1 saturated heterocycles. The lowest BCUT2D eigenvalue weighted by atomic mass is 9.91. The lowest BCUT2D eigenvalue weighted by Gasteiger charge is -2.31. The van der Waals surface area contributed by atoms with Crippen molar-refractivity contribution in [2.75, 3.05) is 6.54 Å². The average molecular weight is 326 g/mol. The van der Waals surface area contributed by atoms with Gasteiger partial charge < -0.3 is 9.84 Å². The Labute approximate surface area is 133 Å². The predicted molar refractivity (Wildman–Crippen MR) is 82.8 cm³/mol. The number of benzene rings is 1. The van der Waals surface area contributed by atoms with Gasteiger partial charge in [-0.25, -0.2) is 0 Å². The summed E-state index contributed by atoms with van der Waals surface area (Å²) in [6.07, 6.45) is 3.96. The van der Waals surface area contributed by atoms with E-state index < -0.39 is 0 Å². The van der Waals surface area contributed by atoms with Crippen molar-refractivity contribution in [3.63, 3.8) is 0 Å². The van der Waals surface area contributed by atoms with Crippen LogP contribution in [-0.2, 0) is 12.0 Å². The third-order valence-corrected chi connectivity index (χ3v) is 4.64. The molecule has 21 heavy (non-hydrogen) atoms. The van der Waals surface area contributed by atoms with Crippen molar-refractivity contribution in [3.05, 3.63) is 45.5 Å². The zero-order valence-electron chi connectivity index (χ0n) is 11.8. The van der Waals surface area contributed by atoms with E-state index in [1.165, 1.54) is 12.8 Å². The fraction of sp³-hybridized carbons (Fsp3) is 0.467. The molecule has 1 fully saturated rings. The second kappa shape index (κ2) is 5.95. The smallest absolute Gasteiger partial charge is 0.246 e. The van der Waals surface area contributed by atoms with Crippen LogP contribution < -0.4 is 5.32 Å². The normalized spacial score (nSPS) is 22.4. The molecule has 2 heterocycles. The molecule has 1 aliphatic rings. The van der Waals surface area contributed by atoms with Crippen molar-refractivity contribution < 1.29 is 4.52 Å². The van der Waals surface area contributed by atoms with Crippen LogP contribution in [-0.4, -0.2) is 16.7 Å². The number of halogens is 2. The average Bonchev–Trinajstić information content (AvgIpc) is 2.93. The second-order valence-corrected chi connectivity index (χ2v) is 6.47. The summed E-state index contributed by atoms with van der Waals surface area (Å²) >= 11 is 11.9. The van der Waals surface area contributed by atoms with Crippen molar-refractivity contribution in [2.24, 2.45) is 0 Å². The summed E-state index contributed by atoms with van der Waals surface area (Å²) in [6, 6.07) is 5.54. The fourth-order valence-corrected chi connectivity index (χ4v) is 2.94. The van der Waals surface area contributed by atoms with E-state index in [1.807, 2.05) is 12.1 Å². The lowest BCUT2D eigenvalue weighted by molar-refractivity contribution is 0.206. The number of nitrogens with zero attached hydrogens (tertiary/aromatic N) is 2. The Morgan fingerprint density at radius 3 is 2.86 bits per heavy atom. The molecule has 3 rings (SSSR count). The minimum atomic E-state index is -0.207. The summed E-state index contributed by atoms with van der Waals surface area (Å²) in [5, 5.41) is 8.64. The third-order valence-electron chi connectivity index (χ3n) is 3.91. The van der Waals surface area contributed by atoms with Gasteiger partial charge in [-0.3, -0.25) is 0 Å². The molecule has 1 N–H and O–H groups in total. The highest BCUT2D eigenvalue weighted by molar-refractivity contribution is 6.42. The summed E-state index contributed by atoms with van der Waals surface area (Å²) in [5.74, 6) is 1.33. The maximum atomic E-state index is 6.02. The maximum Gasteiger partial charge on any atom is 0.246 e. The van der Waals surface area contributed by atoms with Gasteiger partial charge in [-0.2, -0.15) is 4.98 Å². The summed E-state index contributed by atoms with van der Waals surface area (Å²) in [7, 11) is 0. The van der Waals surface area contributed by atoms with Gasteiger partial charge in [0.15, 0.2) is 5.82 Å². The number of aromatic nitrogens is 2. The van der Waals surface area contributed by atoms with E-state index in [2.05, 4.69) is 22.4 Å². The van der Waals surface area contributed by atoms with Crippen LogP contribution in [0.3, 0.4) is 0 Å². The molecule has 0 spiro atoms. The summed E-state index contributed by atoms with van der Waals surface area (Å²) in [6.45, 7) is 3.10. The van der Waals surface area contributed by atoms with E-state index in [0.29, 0.717) is 28.2 Å². The van der Waals surface area contributed by atoms with Gasteiger partial charge in [-0.05, 0) is 50.4 Å². The van der Waals surface area contributed by atoms with Gasteiger partial charge in [-0.1, -0.05) is 34.4 Å². The van der Waals surface area contributed by atoms with Gasteiger partial charge >= 0.3 is 0 Å². The Bertz CT molecular complexity index is 636. The zero-order chi connectivity index (χ0) is 14.9. The monoisotopic (exact) mass is 325 g/mol. The van der Waals surface area contributed by atoms with Crippen LogP contribution >= 0.6 is 23.2 Å². The fourth-order valence-electron chi connectivity index (χ4n) is 2.62. The van der Waals surface area contributed by atoms with Crippen molar-refractivity contribution in [2.45, 2.75) is 38.1 Å². The molecule has 1 unspecified atom stereocenters. The topological polar surface area (TPSA) is 51.0 Å². The van der Waals surface area contributed by atoms with Crippen LogP contribution in [0.4, 0.5) is 0 Å². The number of hydrogen-bond donors (Lipinski definition) is 1. The Morgan fingerprint density at radius 1 is 1.29 bits per heavy atom. The Balaban J connectivity index is 1.77. The molecule has 112 valence electrons. The first-order chi connectivity index (χ1) is 10.1. The van der Waals surface area contributed by atoms with E-state index in [1.54, 1.807) is 6.07 Å². The van der Waals surface area contributed by atoms with Gasteiger partial charge in [0.1, 0.15) is 0 Å². The first kappa shape index (κ1) is 14.8. The van der Waals surface area contributed by atoms with Gasteiger partial charge in [0.25, 0.3) is 0 Å². The molecule has 0 bridgehead atoms. The summed E-state index contributed by atoms with van der Waals surface area (Å²) in [4.78, 5) is 4.54. The molecule has 0 amide bonds. The quantitative estimate of drug-likeness (QED) is 0.928. The molecule has 2 aromatic rings. The molecular formula is C15H17Cl2N3O. The Kier molecular flexibility index (Phi) is 4.20. The van der Waals surface area contributed by atoms with Gasteiger partial charge in [0, 0.05) is 6.42 Å². The zero-order valence-corrected chi connectivity index (χ0v) is 13.3. The molecule has 1 aromatic carbocycles. The van der Waals surface area contributed by atoms with E-state index in [9.17, 15) is 0 Å². The number of nitrogens with one attached hydrogen (secondary N) is 1. The summed E-state index contributed by atoms with van der Waals surface area (Å²) in [5.41, 5.74) is 0.805. The highest BCUT2D eigenvalue weighted by Crippen LogP contribution is 2.29. The van der Waals surface area contributed by atoms with Crippen LogP contribution in [0.2, 0.25) is 10.0 Å². The number of piperidine rings is 1. The van der Waals surface area contributed by atoms with Crippen molar-refractivity contribution >= 4 is 23.2 Å². The Morgan fingerprint density at radius 2 is 2.14 bits per heavy atom.